The quantitative estimate of drug-likeness (QED) is 0.212. The maximum Gasteiger partial charge on any atom is 0.0161 e. The summed E-state index contributed by atoms with van der Waals surface area (Å²) >= 11 is 0. The fourth-order valence-corrected chi connectivity index (χ4v) is 7.48. The van der Waals surface area contributed by atoms with E-state index >= 15 is 0 Å². The van der Waals surface area contributed by atoms with Crippen molar-refractivity contribution < 1.29 is 0 Å². The van der Waals surface area contributed by atoms with Crippen LogP contribution >= 0.6 is 0 Å². The molecule has 5 aromatic rings. The largest absolute Gasteiger partial charge is 0.0838 e. The molecular weight excluding hydrogens is 468 g/mol. The maximum atomic E-state index is 2.42. The van der Waals surface area contributed by atoms with Crippen molar-refractivity contribution in [3.8, 4) is 11.1 Å². The molecule has 0 saturated carbocycles. The van der Waals surface area contributed by atoms with E-state index in [4.69, 9.17) is 0 Å². The van der Waals surface area contributed by atoms with Gasteiger partial charge in [-0.3, -0.25) is 0 Å². The van der Waals surface area contributed by atoms with Crippen molar-refractivity contribution in [2.24, 2.45) is 17.8 Å². The van der Waals surface area contributed by atoms with Crippen LogP contribution in [0.3, 0.4) is 0 Å². The highest BCUT2D eigenvalue weighted by Crippen LogP contribution is 2.50. The van der Waals surface area contributed by atoms with Crippen LogP contribution in [-0.2, 0) is 0 Å². The Morgan fingerprint density at radius 3 is 2.10 bits per heavy atom. The van der Waals surface area contributed by atoms with Gasteiger partial charge >= 0.3 is 0 Å². The fraction of sp³-hybridized carbons (Fsp3) is 0.128. The Hall–Kier alpha value is -4.42. The smallest absolute Gasteiger partial charge is 0.0161 e. The molecule has 186 valence electrons. The summed E-state index contributed by atoms with van der Waals surface area (Å²) in [6.07, 6.45) is 18.4. The zero-order chi connectivity index (χ0) is 26.1. The third kappa shape index (κ3) is 3.31. The number of allylic oxidation sites excluding steroid dienone is 12. The lowest BCUT2D eigenvalue weighted by Crippen LogP contribution is -2.31. The summed E-state index contributed by atoms with van der Waals surface area (Å²) in [5, 5.41) is 8.03. The summed E-state index contributed by atoms with van der Waals surface area (Å²) < 4.78 is 0. The van der Waals surface area contributed by atoms with Crippen molar-refractivity contribution in [2.45, 2.75) is 13.8 Å². The van der Waals surface area contributed by atoms with Gasteiger partial charge in [0.25, 0.3) is 0 Å². The third-order valence-corrected chi connectivity index (χ3v) is 9.38. The lowest BCUT2D eigenvalue weighted by atomic mass is 9.62. The number of rotatable bonds is 2. The van der Waals surface area contributed by atoms with E-state index < -0.39 is 0 Å². The van der Waals surface area contributed by atoms with E-state index in [-0.39, 0.29) is 0 Å². The van der Waals surface area contributed by atoms with Crippen molar-refractivity contribution in [3.63, 3.8) is 0 Å². The standard InChI is InChI=1S/C39H30/c1-3-25-6-4-7-28-14-16-31-18-21-33(24(2)36(31)37(25)28)26-10-12-27(13-11-26)34-22-19-32-17-15-29-8-5-9-30-20-23-35(34)39(32)38(29)30/h3-24,36-37H,1-2H3/b25-3-. The molecule has 3 aliphatic rings. The SMILES string of the molecule is C/C=C1/C=CC=C2C=CC3=CC=C(c4ccc(-c5ccc6ccc7cccc8ccc5c6c78)cc4)C(C)C3C21. The Labute approximate surface area is 230 Å². The van der Waals surface area contributed by atoms with E-state index in [9.17, 15) is 0 Å². The lowest BCUT2D eigenvalue weighted by Gasteiger charge is -2.41. The minimum Gasteiger partial charge on any atom is -0.0838 e. The topological polar surface area (TPSA) is 0 Å². The molecule has 3 aliphatic carbocycles. The van der Waals surface area contributed by atoms with Gasteiger partial charge in [0.1, 0.15) is 0 Å². The summed E-state index contributed by atoms with van der Waals surface area (Å²) in [5.74, 6) is 1.34. The van der Waals surface area contributed by atoms with Gasteiger partial charge in [-0.2, -0.15) is 0 Å². The zero-order valence-corrected chi connectivity index (χ0v) is 22.4. The van der Waals surface area contributed by atoms with Gasteiger partial charge < -0.3 is 0 Å². The monoisotopic (exact) mass is 498 g/mol. The molecule has 0 aromatic heterocycles. The number of hydrogen-bond acceptors (Lipinski definition) is 0. The molecule has 0 N–H and O–H groups in total. The molecule has 0 aliphatic heterocycles. The molecule has 3 atom stereocenters. The summed E-state index contributed by atoms with van der Waals surface area (Å²) in [6.45, 7) is 4.59. The van der Waals surface area contributed by atoms with E-state index in [2.05, 4.69) is 141 Å². The van der Waals surface area contributed by atoms with Gasteiger partial charge in [0, 0.05) is 11.8 Å². The van der Waals surface area contributed by atoms with Crippen LogP contribution in [0.1, 0.15) is 19.4 Å². The normalized spacial score (nSPS) is 23.2. The fourth-order valence-electron chi connectivity index (χ4n) is 7.48. The van der Waals surface area contributed by atoms with Crippen LogP contribution in [0.4, 0.5) is 0 Å². The van der Waals surface area contributed by atoms with E-state index in [1.165, 1.54) is 71.3 Å². The molecule has 3 unspecified atom stereocenters. The first-order valence-electron chi connectivity index (χ1n) is 14.1. The average Bonchev–Trinajstić information content (AvgIpc) is 2.99. The molecule has 0 fully saturated rings. The van der Waals surface area contributed by atoms with Crippen molar-refractivity contribution in [3.05, 3.63) is 150 Å². The van der Waals surface area contributed by atoms with Crippen molar-refractivity contribution >= 4 is 37.9 Å². The lowest BCUT2D eigenvalue weighted by molar-refractivity contribution is 0.410. The highest BCUT2D eigenvalue weighted by atomic mass is 14.4. The first kappa shape index (κ1) is 22.6. The molecule has 0 amide bonds. The van der Waals surface area contributed by atoms with E-state index in [1.54, 1.807) is 0 Å². The molecule has 0 spiro atoms. The molecule has 0 heteroatoms. The predicted octanol–water partition coefficient (Wildman–Crippen LogP) is 10.5. The Morgan fingerprint density at radius 1 is 0.615 bits per heavy atom. The molecule has 0 radical (unpaired) electrons. The summed E-state index contributed by atoms with van der Waals surface area (Å²) in [4.78, 5) is 0. The predicted molar refractivity (Wildman–Crippen MR) is 168 cm³/mol. The second kappa shape index (κ2) is 8.55. The van der Waals surface area contributed by atoms with Gasteiger partial charge in [0.2, 0.25) is 0 Å². The van der Waals surface area contributed by atoms with Crippen LogP contribution in [0, 0.1) is 17.8 Å². The van der Waals surface area contributed by atoms with Crippen LogP contribution in [0.15, 0.2) is 144 Å². The summed E-state index contributed by atoms with van der Waals surface area (Å²) in [6, 6.07) is 29.6. The average molecular weight is 499 g/mol. The first-order chi connectivity index (χ1) is 19.2. The van der Waals surface area contributed by atoms with Gasteiger partial charge in [0.15, 0.2) is 0 Å². The maximum absolute atomic E-state index is 2.42. The molecule has 5 aromatic carbocycles. The Balaban J connectivity index is 1.19. The molecule has 8 rings (SSSR count). The zero-order valence-electron chi connectivity index (χ0n) is 22.4. The first-order valence-corrected chi connectivity index (χ1v) is 14.1. The minimum atomic E-state index is 0.435. The van der Waals surface area contributed by atoms with E-state index in [1.807, 2.05) is 0 Å². The highest BCUT2D eigenvalue weighted by molar-refractivity contribution is 6.25. The van der Waals surface area contributed by atoms with Gasteiger partial charge in [-0.25, -0.2) is 0 Å². The number of benzene rings is 5. The van der Waals surface area contributed by atoms with Crippen LogP contribution in [-0.4, -0.2) is 0 Å². The van der Waals surface area contributed by atoms with Gasteiger partial charge in [-0.1, -0.05) is 134 Å². The van der Waals surface area contributed by atoms with Gasteiger partial charge in [0.05, 0.1) is 0 Å². The third-order valence-electron chi connectivity index (χ3n) is 9.38. The van der Waals surface area contributed by atoms with Crippen LogP contribution in [0.2, 0.25) is 0 Å². The van der Waals surface area contributed by atoms with Crippen LogP contribution in [0.5, 0.6) is 0 Å². The Bertz CT molecular complexity index is 1950. The number of fused-ring (bicyclic) bond motifs is 3. The van der Waals surface area contributed by atoms with Crippen molar-refractivity contribution in [1.29, 1.82) is 0 Å². The molecular formula is C39H30. The van der Waals surface area contributed by atoms with Crippen LogP contribution < -0.4 is 0 Å². The number of hydrogen-bond donors (Lipinski definition) is 0. The Kier molecular flexibility index (Phi) is 4.94. The Morgan fingerprint density at radius 2 is 1.31 bits per heavy atom. The molecule has 0 saturated heterocycles. The summed E-state index contributed by atoms with van der Waals surface area (Å²) in [7, 11) is 0. The van der Waals surface area contributed by atoms with E-state index in [0.29, 0.717) is 17.8 Å². The molecule has 0 bridgehead atoms. The highest BCUT2D eigenvalue weighted by Gasteiger charge is 2.38. The summed E-state index contributed by atoms with van der Waals surface area (Å²) in [5.41, 5.74) is 9.66. The van der Waals surface area contributed by atoms with Gasteiger partial charge in [-0.05, 0) is 84.1 Å². The second-order valence-corrected chi connectivity index (χ2v) is 11.3. The van der Waals surface area contributed by atoms with Gasteiger partial charge in [-0.15, -0.1) is 0 Å². The van der Waals surface area contributed by atoms with Crippen molar-refractivity contribution in [2.75, 3.05) is 0 Å². The molecule has 0 nitrogen and oxygen atoms in total. The second-order valence-electron chi connectivity index (χ2n) is 11.3. The van der Waals surface area contributed by atoms with E-state index in [0.717, 1.165) is 0 Å². The molecule has 39 heavy (non-hydrogen) atoms. The molecule has 0 heterocycles. The van der Waals surface area contributed by atoms with Crippen molar-refractivity contribution in [1.82, 2.24) is 0 Å². The van der Waals surface area contributed by atoms with Crippen LogP contribution in [0.25, 0.3) is 49.0 Å². The minimum absolute atomic E-state index is 0.435.